The molecule has 0 bridgehead atoms. The van der Waals surface area contributed by atoms with Crippen molar-refractivity contribution < 1.29 is 69.9 Å². The van der Waals surface area contributed by atoms with Gasteiger partial charge in [-0.15, -0.1) is 0 Å². The highest BCUT2D eigenvalue weighted by Gasteiger charge is 2.37. The molecule has 0 atom stereocenters. The molecule has 0 radical (unpaired) electrons. The summed E-state index contributed by atoms with van der Waals surface area (Å²) in [6.07, 6.45) is 1.40. The van der Waals surface area contributed by atoms with E-state index in [1.54, 1.807) is 43.9 Å². The number of amides is 4. The van der Waals surface area contributed by atoms with Gasteiger partial charge in [-0.3, -0.25) is 24.1 Å². The van der Waals surface area contributed by atoms with Crippen molar-refractivity contribution in [1.29, 1.82) is 0 Å². The Hall–Kier alpha value is -10.6. The van der Waals surface area contributed by atoms with Gasteiger partial charge in [-0.05, 0) is 198 Å². The molecule has 0 saturated carbocycles. The van der Waals surface area contributed by atoms with Crippen LogP contribution in [0.25, 0.3) is 0 Å². The van der Waals surface area contributed by atoms with E-state index in [0.29, 0.717) is 94.1 Å². The largest absolute Gasteiger partial charge is 0.508 e. The standard InChI is InChI=1S/C24H31N3O3.C24H30N2O4.C23H29N3O3.C22H28N2O4/c1-16(2)20-11-21(23(29)12-22(20)28)24(30)27-14-18-5-4-17(10-19(18)15-27)13-26-8-6-25(3)7-9-26;1-15(2)19-11-20(22(28)12-21(19)27)23(29)26-13-16-4-5-18(10-17(16)14-26)24(30)6-8-25(3)9-7-24;1-15(2)19-11-20(22(28)12-21(19)27)23(29)26-13-16-4-5-18(10-17(16)14-26)25-8-6-24(3)7-9-25;1-14(2)18-10-19(21(26)11-20(18)25)22(27)24-12-15-5-6-17(9-16(15)13-24)28-8-7-23(3)4/h4-5,10-12,16,28-29H,6-9,13-15H2,1-3H3;4-5,10-12,15,27-28,30H,6-9,13-14H2,1-3H3;4-5,10-12,15,27-28H,6-9,13-14H2,1-3H3;5-6,9-11,14,25-26H,7-8,12-13H2,1-4H3. The van der Waals surface area contributed by atoms with Gasteiger partial charge in [0.1, 0.15) is 58.4 Å². The average Bonchev–Trinajstić information content (AvgIpc) is 1.66. The van der Waals surface area contributed by atoms with E-state index in [2.05, 4.69) is 86.9 Å². The third-order valence-electron chi connectivity index (χ3n) is 23.9. The van der Waals surface area contributed by atoms with Gasteiger partial charge in [-0.1, -0.05) is 104 Å². The number of ether oxygens (including phenoxy) is 1. The van der Waals surface area contributed by atoms with Gasteiger partial charge in [0.05, 0.1) is 27.9 Å². The van der Waals surface area contributed by atoms with Crippen molar-refractivity contribution in [2.24, 2.45) is 0 Å². The first-order chi connectivity index (χ1) is 55.6. The Morgan fingerprint density at radius 3 is 1.10 bits per heavy atom. The number of hydrogen-bond donors (Lipinski definition) is 9. The number of piperidine rings is 1. The molecule has 8 aromatic carbocycles. The summed E-state index contributed by atoms with van der Waals surface area (Å²) in [6.45, 7) is 32.1. The maximum Gasteiger partial charge on any atom is 0.258 e. The molecular weight excluding hydrogens is 1480 g/mol. The summed E-state index contributed by atoms with van der Waals surface area (Å²) in [7, 11) is 10.4. The van der Waals surface area contributed by atoms with Gasteiger partial charge < -0.3 is 94.8 Å². The Bertz CT molecular complexity index is 4960. The van der Waals surface area contributed by atoms with Crippen molar-refractivity contribution in [3.63, 3.8) is 0 Å². The van der Waals surface area contributed by atoms with Gasteiger partial charge in [0.25, 0.3) is 23.6 Å². The van der Waals surface area contributed by atoms with Gasteiger partial charge in [0, 0.05) is 161 Å². The lowest BCUT2D eigenvalue weighted by molar-refractivity contribution is -0.0203. The van der Waals surface area contributed by atoms with Crippen LogP contribution in [-0.2, 0) is 64.5 Å². The van der Waals surface area contributed by atoms with Gasteiger partial charge in [-0.2, -0.15) is 0 Å². The molecule has 24 heteroatoms. The van der Waals surface area contributed by atoms with E-state index in [0.717, 1.165) is 129 Å². The van der Waals surface area contributed by atoms with E-state index < -0.39 is 5.60 Å². The van der Waals surface area contributed by atoms with Crippen molar-refractivity contribution in [3.05, 3.63) is 221 Å². The number of aromatic hydroxyl groups is 8. The molecule has 8 aromatic rings. The second-order valence-corrected chi connectivity index (χ2v) is 34.3. The number of anilines is 1. The van der Waals surface area contributed by atoms with Crippen molar-refractivity contribution in [2.75, 3.05) is 119 Å². The topological polar surface area (TPSA) is 292 Å². The van der Waals surface area contributed by atoms with E-state index in [1.807, 2.05) is 106 Å². The number of aliphatic hydroxyl groups is 1. The highest BCUT2D eigenvalue weighted by Crippen LogP contribution is 2.42. The summed E-state index contributed by atoms with van der Waals surface area (Å²) in [5, 5.41) is 92.3. The SMILES string of the molecule is CC(C)c1cc(C(=O)N2Cc3ccc(C4(O)CCN(C)CC4)cc3C2)c(O)cc1O.CC(C)c1cc(C(=O)N2Cc3ccc(CN4CCN(C)CC4)cc3C2)c(O)cc1O.CC(C)c1cc(C(=O)N2Cc3ccc(N4CCN(C)CC4)cc3C2)c(O)cc1O.CC(C)c1cc(C(=O)N2Cc3ccc(OCCN(C)C)cc3C2)c(O)cc1O. The summed E-state index contributed by atoms with van der Waals surface area (Å²) in [5.41, 5.74) is 15.0. The summed E-state index contributed by atoms with van der Waals surface area (Å²) >= 11 is 0. The first-order valence-electron chi connectivity index (χ1n) is 41.0. The molecule has 7 aliphatic heterocycles. The lowest BCUT2D eigenvalue weighted by atomic mass is 9.83. The number of piperazine rings is 2. The number of fused-ring (bicyclic) bond motifs is 4. The Morgan fingerprint density at radius 1 is 0.376 bits per heavy atom. The quantitative estimate of drug-likeness (QED) is 0.0434. The molecule has 7 heterocycles. The lowest BCUT2D eigenvalue weighted by Crippen LogP contribution is -2.44. The van der Waals surface area contributed by atoms with Gasteiger partial charge in [0.15, 0.2) is 0 Å². The van der Waals surface area contributed by atoms with Crippen LogP contribution in [0.1, 0.15) is 211 Å². The van der Waals surface area contributed by atoms with Crippen molar-refractivity contribution in [3.8, 4) is 51.7 Å². The number of carbonyl (C=O) groups is 4. The van der Waals surface area contributed by atoms with E-state index in [-0.39, 0.29) is 116 Å². The van der Waals surface area contributed by atoms with Crippen molar-refractivity contribution in [1.82, 2.24) is 44.1 Å². The van der Waals surface area contributed by atoms with Crippen LogP contribution in [0.3, 0.4) is 0 Å². The summed E-state index contributed by atoms with van der Waals surface area (Å²) in [6, 6.07) is 36.4. The maximum atomic E-state index is 13.1. The summed E-state index contributed by atoms with van der Waals surface area (Å²) in [5.74, 6) is -0.617. The van der Waals surface area contributed by atoms with Crippen LogP contribution in [0.15, 0.2) is 121 Å². The molecule has 624 valence electrons. The highest BCUT2D eigenvalue weighted by molar-refractivity contribution is 6.00. The molecule has 0 unspecified atom stereocenters. The zero-order chi connectivity index (χ0) is 84.2. The monoisotopic (exact) mass is 1600 g/mol. The number of likely N-dealkylation sites (N-methyl/N-ethyl adjacent to an activating group) is 3. The Morgan fingerprint density at radius 2 is 0.709 bits per heavy atom. The molecule has 4 amide bonds. The number of carbonyl (C=O) groups excluding carboxylic acids is 4. The third kappa shape index (κ3) is 20.0. The normalized spacial score (nSPS) is 16.7. The first-order valence-corrected chi connectivity index (χ1v) is 41.0. The van der Waals surface area contributed by atoms with E-state index in [4.69, 9.17) is 4.74 Å². The highest BCUT2D eigenvalue weighted by atomic mass is 16.5. The van der Waals surface area contributed by atoms with E-state index in [1.165, 1.54) is 41.1 Å². The third-order valence-corrected chi connectivity index (χ3v) is 23.9. The van der Waals surface area contributed by atoms with E-state index >= 15 is 0 Å². The fourth-order valence-electron chi connectivity index (χ4n) is 16.4. The zero-order valence-corrected chi connectivity index (χ0v) is 70.2. The van der Waals surface area contributed by atoms with Crippen LogP contribution < -0.4 is 9.64 Å². The summed E-state index contributed by atoms with van der Waals surface area (Å²) in [4.78, 5) is 73.1. The number of hydrogen-bond acceptors (Lipinski definition) is 20. The second kappa shape index (κ2) is 36.5. The van der Waals surface area contributed by atoms with Crippen molar-refractivity contribution >= 4 is 29.3 Å². The Balaban J connectivity index is 0.000000144. The van der Waals surface area contributed by atoms with Crippen molar-refractivity contribution in [2.45, 2.75) is 156 Å². The van der Waals surface area contributed by atoms with E-state index in [9.17, 15) is 65.1 Å². The Kier molecular flexibility index (Phi) is 26.8. The van der Waals surface area contributed by atoms with Gasteiger partial charge in [0.2, 0.25) is 0 Å². The number of likely N-dealkylation sites (tertiary alicyclic amines) is 1. The fraction of sp³-hybridized carbons (Fsp3) is 0.441. The number of phenols is 8. The van der Waals surface area contributed by atoms with Gasteiger partial charge >= 0.3 is 0 Å². The number of phenolic OH excluding ortho intramolecular Hbond substituents is 8. The minimum atomic E-state index is -0.819. The molecule has 15 rings (SSSR count). The van der Waals surface area contributed by atoms with Gasteiger partial charge in [-0.25, -0.2) is 0 Å². The molecule has 117 heavy (non-hydrogen) atoms. The smallest absolute Gasteiger partial charge is 0.258 e. The van der Waals surface area contributed by atoms with Crippen LogP contribution >= 0.6 is 0 Å². The molecule has 0 spiro atoms. The molecule has 0 aromatic heterocycles. The minimum absolute atomic E-state index is 0.000212. The average molecular weight is 1600 g/mol. The zero-order valence-electron chi connectivity index (χ0n) is 70.2. The van der Waals surface area contributed by atoms with Crippen LogP contribution in [0.4, 0.5) is 5.69 Å². The minimum Gasteiger partial charge on any atom is -0.508 e. The Labute approximate surface area is 688 Å². The molecule has 3 fully saturated rings. The van der Waals surface area contributed by atoms with Crippen LogP contribution in [-0.4, -0.2) is 228 Å². The molecule has 7 aliphatic rings. The fourth-order valence-corrected chi connectivity index (χ4v) is 16.4. The maximum absolute atomic E-state index is 13.1. The lowest BCUT2D eigenvalue weighted by Gasteiger charge is -2.37. The molecule has 3 saturated heterocycles. The second-order valence-electron chi connectivity index (χ2n) is 34.3. The summed E-state index contributed by atoms with van der Waals surface area (Å²) < 4.78 is 5.78. The van der Waals surface area contributed by atoms with Crippen LogP contribution in [0.5, 0.6) is 51.7 Å². The first kappa shape index (κ1) is 85.8. The van der Waals surface area contributed by atoms with Crippen LogP contribution in [0, 0.1) is 0 Å². The van der Waals surface area contributed by atoms with Crippen LogP contribution in [0.2, 0.25) is 0 Å². The predicted octanol–water partition coefficient (Wildman–Crippen LogP) is 12.9. The molecule has 9 N–H and O–H groups in total. The number of benzene rings is 8. The number of rotatable bonds is 16. The molecule has 24 nitrogen and oxygen atoms in total. The predicted molar refractivity (Wildman–Crippen MR) is 453 cm³/mol. The molecule has 0 aliphatic carbocycles. The molecular formula is C93H118N10O14. The number of nitrogens with zero attached hydrogens (tertiary/aromatic N) is 10.